The van der Waals surface area contributed by atoms with E-state index in [0.29, 0.717) is 0 Å². The van der Waals surface area contributed by atoms with Gasteiger partial charge in [0.25, 0.3) is 0 Å². The second-order valence-corrected chi connectivity index (χ2v) is 4.31. The Balaban J connectivity index is 2.02. The normalized spacial score (nSPS) is 10.3. The molecule has 72 valence electrons. The van der Waals surface area contributed by atoms with E-state index < -0.39 is 0 Å². The van der Waals surface area contributed by atoms with Crippen LogP contribution in [-0.4, -0.2) is 0 Å². The van der Waals surface area contributed by atoms with Crippen LogP contribution in [0.3, 0.4) is 0 Å². The van der Waals surface area contributed by atoms with E-state index in [1.165, 1.54) is 10.4 Å². The van der Waals surface area contributed by atoms with E-state index in [4.69, 9.17) is 5.73 Å². The summed E-state index contributed by atoms with van der Waals surface area (Å²) in [6.07, 6.45) is 2.12. The lowest BCUT2D eigenvalue weighted by Crippen LogP contribution is -1.95. The van der Waals surface area contributed by atoms with Crippen LogP contribution in [-0.2, 0) is 12.8 Å². The second kappa shape index (κ2) is 4.29. The minimum absolute atomic E-state index is 0.907. The van der Waals surface area contributed by atoms with Gasteiger partial charge < -0.3 is 5.73 Å². The van der Waals surface area contributed by atoms with E-state index in [2.05, 4.69) is 23.6 Å². The molecule has 0 radical (unpaired) electrons. The summed E-state index contributed by atoms with van der Waals surface area (Å²) in [5.74, 6) is 0. The maximum atomic E-state index is 5.86. The molecule has 2 rings (SSSR count). The molecule has 14 heavy (non-hydrogen) atoms. The van der Waals surface area contributed by atoms with Gasteiger partial charge >= 0.3 is 0 Å². The van der Waals surface area contributed by atoms with Gasteiger partial charge in [-0.3, -0.25) is 0 Å². The maximum Gasteiger partial charge on any atom is 0.0346 e. The van der Waals surface area contributed by atoms with Crippen LogP contribution in [0.4, 0.5) is 5.69 Å². The molecule has 2 aromatic rings. The number of aryl methyl sites for hydroxylation is 2. The van der Waals surface area contributed by atoms with Crippen molar-refractivity contribution in [3.05, 3.63) is 52.2 Å². The molecule has 0 atom stereocenters. The SMILES string of the molecule is Nc1ccccc1CCc1cccs1. The Labute approximate surface area is 88.2 Å². The fraction of sp³-hybridized carbons (Fsp3) is 0.167. The summed E-state index contributed by atoms with van der Waals surface area (Å²) in [7, 11) is 0. The predicted octanol–water partition coefficient (Wildman–Crippen LogP) is 3.12. The average molecular weight is 203 g/mol. The van der Waals surface area contributed by atoms with E-state index in [0.717, 1.165) is 18.5 Å². The van der Waals surface area contributed by atoms with Gasteiger partial charge in [-0.25, -0.2) is 0 Å². The molecule has 2 N–H and O–H groups in total. The first-order valence-electron chi connectivity index (χ1n) is 4.72. The van der Waals surface area contributed by atoms with Crippen LogP contribution in [0.25, 0.3) is 0 Å². The minimum atomic E-state index is 0.907. The number of anilines is 1. The topological polar surface area (TPSA) is 26.0 Å². The summed E-state index contributed by atoms with van der Waals surface area (Å²) in [6.45, 7) is 0. The predicted molar refractivity (Wildman–Crippen MR) is 62.6 cm³/mol. The van der Waals surface area contributed by atoms with Crippen molar-refractivity contribution in [2.75, 3.05) is 5.73 Å². The van der Waals surface area contributed by atoms with Crippen molar-refractivity contribution in [2.24, 2.45) is 0 Å². The van der Waals surface area contributed by atoms with Crippen LogP contribution in [0, 0.1) is 0 Å². The van der Waals surface area contributed by atoms with Gasteiger partial charge in [-0.05, 0) is 35.9 Å². The van der Waals surface area contributed by atoms with Gasteiger partial charge in [-0.1, -0.05) is 24.3 Å². The third-order valence-electron chi connectivity index (χ3n) is 2.28. The molecule has 1 aromatic carbocycles. The van der Waals surface area contributed by atoms with E-state index in [1.807, 2.05) is 29.5 Å². The highest BCUT2D eigenvalue weighted by Crippen LogP contribution is 2.16. The van der Waals surface area contributed by atoms with E-state index >= 15 is 0 Å². The Morgan fingerprint density at radius 2 is 1.86 bits per heavy atom. The van der Waals surface area contributed by atoms with Crippen molar-refractivity contribution in [3.63, 3.8) is 0 Å². The molecule has 0 aliphatic rings. The van der Waals surface area contributed by atoms with Gasteiger partial charge in [0, 0.05) is 10.6 Å². The largest absolute Gasteiger partial charge is 0.399 e. The van der Waals surface area contributed by atoms with Gasteiger partial charge in [0.15, 0.2) is 0 Å². The highest BCUT2D eigenvalue weighted by molar-refractivity contribution is 7.09. The molecule has 0 saturated carbocycles. The summed E-state index contributed by atoms with van der Waals surface area (Å²) in [5, 5.41) is 2.11. The summed E-state index contributed by atoms with van der Waals surface area (Å²) in [4.78, 5) is 1.42. The van der Waals surface area contributed by atoms with E-state index in [-0.39, 0.29) is 0 Å². The number of thiophene rings is 1. The van der Waals surface area contributed by atoms with Crippen LogP contribution < -0.4 is 5.73 Å². The molecule has 0 aliphatic carbocycles. The monoisotopic (exact) mass is 203 g/mol. The molecule has 1 aromatic heterocycles. The molecular weight excluding hydrogens is 190 g/mol. The van der Waals surface area contributed by atoms with Crippen molar-refractivity contribution < 1.29 is 0 Å². The van der Waals surface area contributed by atoms with E-state index in [9.17, 15) is 0 Å². The Hall–Kier alpha value is -1.28. The van der Waals surface area contributed by atoms with Gasteiger partial charge in [0.1, 0.15) is 0 Å². The van der Waals surface area contributed by atoms with Crippen LogP contribution in [0.5, 0.6) is 0 Å². The van der Waals surface area contributed by atoms with Gasteiger partial charge in [0.05, 0.1) is 0 Å². The van der Waals surface area contributed by atoms with Crippen molar-refractivity contribution in [1.29, 1.82) is 0 Å². The Kier molecular flexibility index (Phi) is 2.84. The Morgan fingerprint density at radius 3 is 2.57 bits per heavy atom. The standard InChI is InChI=1S/C12H13NS/c13-12-6-2-1-4-10(12)7-8-11-5-3-9-14-11/h1-6,9H,7-8,13H2. The molecule has 0 amide bonds. The van der Waals surface area contributed by atoms with Crippen LogP contribution in [0.1, 0.15) is 10.4 Å². The van der Waals surface area contributed by atoms with Crippen LogP contribution >= 0.6 is 11.3 Å². The molecule has 0 bridgehead atoms. The summed E-state index contributed by atoms with van der Waals surface area (Å²) >= 11 is 1.81. The lowest BCUT2D eigenvalue weighted by Gasteiger charge is -2.03. The van der Waals surface area contributed by atoms with Gasteiger partial charge in [0.2, 0.25) is 0 Å². The summed E-state index contributed by atoms with van der Waals surface area (Å²) < 4.78 is 0. The van der Waals surface area contributed by atoms with E-state index in [1.54, 1.807) is 0 Å². The molecule has 1 nitrogen and oxygen atoms in total. The molecule has 0 aliphatic heterocycles. The third kappa shape index (κ3) is 2.15. The zero-order chi connectivity index (χ0) is 9.80. The van der Waals surface area contributed by atoms with Gasteiger partial charge in [-0.2, -0.15) is 0 Å². The van der Waals surface area contributed by atoms with Crippen molar-refractivity contribution in [2.45, 2.75) is 12.8 Å². The lowest BCUT2D eigenvalue weighted by molar-refractivity contribution is 0.984. The number of hydrogen-bond acceptors (Lipinski definition) is 2. The van der Waals surface area contributed by atoms with Crippen LogP contribution in [0.2, 0.25) is 0 Å². The molecule has 0 unspecified atom stereocenters. The number of hydrogen-bond donors (Lipinski definition) is 1. The zero-order valence-corrected chi connectivity index (χ0v) is 8.76. The summed E-state index contributed by atoms with van der Waals surface area (Å²) in [6, 6.07) is 12.3. The van der Waals surface area contributed by atoms with Gasteiger partial charge in [-0.15, -0.1) is 11.3 Å². The maximum absolute atomic E-state index is 5.86. The molecule has 0 saturated heterocycles. The smallest absolute Gasteiger partial charge is 0.0346 e. The fourth-order valence-corrected chi connectivity index (χ4v) is 2.18. The first-order chi connectivity index (χ1) is 6.86. The Bertz CT molecular complexity index is 392. The average Bonchev–Trinajstić information content (AvgIpc) is 2.69. The quantitative estimate of drug-likeness (QED) is 0.762. The number of para-hydroxylation sites is 1. The number of rotatable bonds is 3. The number of nitrogen functional groups attached to an aromatic ring is 1. The van der Waals surface area contributed by atoms with Crippen LogP contribution in [0.15, 0.2) is 41.8 Å². The molecule has 1 heterocycles. The van der Waals surface area contributed by atoms with Crippen molar-refractivity contribution >= 4 is 17.0 Å². The highest BCUT2D eigenvalue weighted by atomic mass is 32.1. The lowest BCUT2D eigenvalue weighted by atomic mass is 10.1. The fourth-order valence-electron chi connectivity index (χ4n) is 1.47. The minimum Gasteiger partial charge on any atom is -0.399 e. The van der Waals surface area contributed by atoms with Crippen molar-refractivity contribution in [3.8, 4) is 0 Å². The first kappa shape index (κ1) is 9.28. The number of benzene rings is 1. The molecule has 2 heteroatoms. The first-order valence-corrected chi connectivity index (χ1v) is 5.60. The Morgan fingerprint density at radius 1 is 1.00 bits per heavy atom. The molecule has 0 fully saturated rings. The molecular formula is C12H13NS. The third-order valence-corrected chi connectivity index (χ3v) is 3.21. The molecule has 0 spiro atoms. The zero-order valence-electron chi connectivity index (χ0n) is 7.94. The summed E-state index contributed by atoms with van der Waals surface area (Å²) in [5.41, 5.74) is 8.02. The highest BCUT2D eigenvalue weighted by Gasteiger charge is 1.99. The second-order valence-electron chi connectivity index (χ2n) is 3.28. The number of nitrogens with two attached hydrogens (primary N) is 1. The van der Waals surface area contributed by atoms with Crippen molar-refractivity contribution in [1.82, 2.24) is 0 Å².